The minimum Gasteiger partial charge on any atom is -0.356 e. The average Bonchev–Trinajstić information content (AvgIpc) is 3.40. The molecule has 1 atom stereocenters. The number of hydrogen-bond donors (Lipinski definition) is 2. The van der Waals surface area contributed by atoms with Gasteiger partial charge in [0.1, 0.15) is 0 Å². The van der Waals surface area contributed by atoms with Gasteiger partial charge in [0.2, 0.25) is 11.8 Å². The molecule has 0 spiro atoms. The summed E-state index contributed by atoms with van der Waals surface area (Å²) in [5.41, 5.74) is -0.596. The number of nitrogens with zero attached hydrogens (tertiary/aromatic N) is 1. The first-order chi connectivity index (χ1) is 12.3. The third kappa shape index (κ3) is 4.75. The molecule has 26 heavy (non-hydrogen) atoms. The van der Waals surface area contributed by atoms with Crippen LogP contribution in [0, 0.1) is 5.92 Å². The number of benzene rings is 1. The Kier molecular flexibility index (Phi) is 5.50. The van der Waals surface area contributed by atoms with Crippen LogP contribution < -0.4 is 10.6 Å². The smallest absolute Gasteiger partial charge is 0.356 e. The van der Waals surface area contributed by atoms with Crippen LogP contribution in [0.4, 0.5) is 13.2 Å². The predicted octanol–water partition coefficient (Wildman–Crippen LogP) is 1.92. The third-order valence-electron chi connectivity index (χ3n) is 4.80. The number of carbonyl (C=O) groups is 2. The van der Waals surface area contributed by atoms with Gasteiger partial charge in [0, 0.05) is 26.2 Å². The number of hydrogen-bond acceptors (Lipinski definition) is 3. The summed E-state index contributed by atoms with van der Waals surface area (Å²) in [4.78, 5) is 26.0. The van der Waals surface area contributed by atoms with Gasteiger partial charge in [-0.05, 0) is 30.4 Å². The highest BCUT2D eigenvalue weighted by molar-refractivity contribution is 5.88. The predicted molar refractivity (Wildman–Crippen MR) is 89.0 cm³/mol. The van der Waals surface area contributed by atoms with Crippen molar-refractivity contribution in [1.82, 2.24) is 15.5 Å². The van der Waals surface area contributed by atoms with E-state index in [1.165, 1.54) is 12.1 Å². The SMILES string of the molecule is O=C(CC1C(=O)NCCN1Cc1ccccc1C(F)(F)F)NCC1CC1. The molecule has 5 nitrogen and oxygen atoms in total. The number of alkyl halides is 3. The lowest BCUT2D eigenvalue weighted by molar-refractivity contribution is -0.139. The lowest BCUT2D eigenvalue weighted by Gasteiger charge is -2.35. The van der Waals surface area contributed by atoms with E-state index in [0.29, 0.717) is 25.6 Å². The van der Waals surface area contributed by atoms with Gasteiger partial charge >= 0.3 is 6.18 Å². The van der Waals surface area contributed by atoms with Crippen LogP contribution in [0.3, 0.4) is 0 Å². The van der Waals surface area contributed by atoms with Gasteiger partial charge < -0.3 is 10.6 Å². The second-order valence-corrected chi connectivity index (χ2v) is 6.88. The van der Waals surface area contributed by atoms with E-state index in [0.717, 1.165) is 18.9 Å². The molecule has 1 unspecified atom stereocenters. The number of amides is 2. The molecule has 1 aliphatic carbocycles. The Morgan fingerprint density at radius 2 is 2.00 bits per heavy atom. The highest BCUT2D eigenvalue weighted by Crippen LogP contribution is 2.33. The van der Waals surface area contributed by atoms with Gasteiger partial charge in [0.25, 0.3) is 0 Å². The molecule has 1 aliphatic heterocycles. The standard InChI is InChI=1S/C18H22F3N3O2/c19-18(20,21)14-4-2-1-3-13(14)11-24-8-7-22-17(26)15(24)9-16(25)23-10-12-5-6-12/h1-4,12,15H,5-11H2,(H,22,26)(H,23,25). The van der Waals surface area contributed by atoms with Crippen LogP contribution in [0.25, 0.3) is 0 Å². The van der Waals surface area contributed by atoms with Crippen LogP contribution in [0.15, 0.2) is 24.3 Å². The van der Waals surface area contributed by atoms with Gasteiger partial charge in [-0.3, -0.25) is 14.5 Å². The highest BCUT2D eigenvalue weighted by atomic mass is 19.4. The Hall–Kier alpha value is -2.09. The van der Waals surface area contributed by atoms with Crippen molar-refractivity contribution in [3.63, 3.8) is 0 Å². The first kappa shape index (κ1) is 18.7. The van der Waals surface area contributed by atoms with E-state index >= 15 is 0 Å². The maximum absolute atomic E-state index is 13.2. The van der Waals surface area contributed by atoms with Crippen molar-refractivity contribution in [1.29, 1.82) is 0 Å². The van der Waals surface area contributed by atoms with Crippen LogP contribution in [0.5, 0.6) is 0 Å². The van der Waals surface area contributed by atoms with E-state index < -0.39 is 17.8 Å². The Morgan fingerprint density at radius 1 is 1.27 bits per heavy atom. The molecule has 0 radical (unpaired) electrons. The minimum atomic E-state index is -4.45. The van der Waals surface area contributed by atoms with Crippen LogP contribution in [0.2, 0.25) is 0 Å². The van der Waals surface area contributed by atoms with E-state index in [4.69, 9.17) is 0 Å². The van der Waals surface area contributed by atoms with Gasteiger partial charge in [-0.1, -0.05) is 18.2 Å². The van der Waals surface area contributed by atoms with Crippen LogP contribution in [-0.2, 0) is 22.3 Å². The molecule has 1 aromatic rings. The number of rotatable bonds is 6. The van der Waals surface area contributed by atoms with Gasteiger partial charge in [0.15, 0.2) is 0 Å². The van der Waals surface area contributed by atoms with E-state index in [9.17, 15) is 22.8 Å². The van der Waals surface area contributed by atoms with Crippen LogP contribution in [0.1, 0.15) is 30.4 Å². The molecule has 142 valence electrons. The summed E-state index contributed by atoms with van der Waals surface area (Å²) >= 11 is 0. The number of halogens is 3. The zero-order chi connectivity index (χ0) is 18.7. The molecule has 1 heterocycles. The largest absolute Gasteiger partial charge is 0.416 e. The number of nitrogens with one attached hydrogen (secondary N) is 2. The molecular formula is C18H22F3N3O2. The minimum absolute atomic E-state index is 0.0241. The molecule has 1 saturated heterocycles. The van der Waals surface area contributed by atoms with Crippen molar-refractivity contribution in [2.24, 2.45) is 5.92 Å². The van der Waals surface area contributed by atoms with E-state index in [-0.39, 0.29) is 30.3 Å². The van der Waals surface area contributed by atoms with Crippen molar-refractivity contribution in [3.05, 3.63) is 35.4 Å². The zero-order valence-corrected chi connectivity index (χ0v) is 14.3. The fraction of sp³-hybridized carbons (Fsp3) is 0.556. The summed E-state index contributed by atoms with van der Waals surface area (Å²) < 4.78 is 39.6. The first-order valence-electron chi connectivity index (χ1n) is 8.78. The van der Waals surface area contributed by atoms with Crippen molar-refractivity contribution < 1.29 is 22.8 Å². The second-order valence-electron chi connectivity index (χ2n) is 6.88. The van der Waals surface area contributed by atoms with E-state index in [2.05, 4.69) is 10.6 Å². The summed E-state index contributed by atoms with van der Waals surface area (Å²) in [6.07, 6.45) is -2.30. The molecule has 0 bridgehead atoms. The van der Waals surface area contributed by atoms with Gasteiger partial charge in [0.05, 0.1) is 18.0 Å². The quantitative estimate of drug-likeness (QED) is 0.806. The van der Waals surface area contributed by atoms with Crippen LogP contribution >= 0.6 is 0 Å². The summed E-state index contributed by atoms with van der Waals surface area (Å²) in [6.45, 7) is 1.33. The van der Waals surface area contributed by atoms with Crippen molar-refractivity contribution in [3.8, 4) is 0 Å². The van der Waals surface area contributed by atoms with Crippen molar-refractivity contribution >= 4 is 11.8 Å². The molecule has 1 saturated carbocycles. The number of piperazine rings is 1. The summed E-state index contributed by atoms with van der Waals surface area (Å²) in [7, 11) is 0. The van der Waals surface area contributed by atoms with E-state index in [1.807, 2.05) is 0 Å². The molecule has 3 rings (SSSR count). The molecule has 2 aliphatic rings. The topological polar surface area (TPSA) is 61.4 Å². The average molecular weight is 369 g/mol. The highest BCUT2D eigenvalue weighted by Gasteiger charge is 2.36. The van der Waals surface area contributed by atoms with Crippen molar-refractivity contribution in [2.45, 2.75) is 38.0 Å². The molecule has 1 aromatic carbocycles. The lowest BCUT2D eigenvalue weighted by atomic mass is 10.0. The molecular weight excluding hydrogens is 347 g/mol. The first-order valence-corrected chi connectivity index (χ1v) is 8.78. The second kappa shape index (κ2) is 7.65. The van der Waals surface area contributed by atoms with E-state index in [1.54, 1.807) is 11.0 Å². The fourth-order valence-corrected chi connectivity index (χ4v) is 3.15. The normalized spacial score (nSPS) is 21.3. The molecule has 8 heteroatoms. The Bertz CT molecular complexity index is 674. The molecule has 0 aromatic heterocycles. The maximum Gasteiger partial charge on any atom is 0.416 e. The monoisotopic (exact) mass is 369 g/mol. The van der Waals surface area contributed by atoms with Gasteiger partial charge in [-0.25, -0.2) is 0 Å². The molecule has 2 fully saturated rings. The zero-order valence-electron chi connectivity index (χ0n) is 14.3. The van der Waals surface area contributed by atoms with Gasteiger partial charge in [-0.15, -0.1) is 0 Å². The Balaban J connectivity index is 1.70. The maximum atomic E-state index is 13.2. The summed E-state index contributed by atoms with van der Waals surface area (Å²) in [5.74, 6) is -0.0377. The summed E-state index contributed by atoms with van der Waals surface area (Å²) in [5, 5.41) is 5.50. The molecule has 2 N–H and O–H groups in total. The summed E-state index contributed by atoms with van der Waals surface area (Å²) in [6, 6.07) is 4.59. The Morgan fingerprint density at radius 3 is 2.69 bits per heavy atom. The van der Waals surface area contributed by atoms with Gasteiger partial charge in [-0.2, -0.15) is 13.2 Å². The van der Waals surface area contributed by atoms with Crippen LogP contribution in [-0.4, -0.2) is 42.4 Å². The van der Waals surface area contributed by atoms with Crippen molar-refractivity contribution in [2.75, 3.05) is 19.6 Å². The molecule has 2 amide bonds. The fourth-order valence-electron chi connectivity index (χ4n) is 3.15. The third-order valence-corrected chi connectivity index (χ3v) is 4.80. The lowest BCUT2D eigenvalue weighted by Crippen LogP contribution is -2.56. The number of carbonyl (C=O) groups excluding carboxylic acids is 2. The Labute approximate surface area is 149 Å².